The maximum Gasteiger partial charge on any atom is 0.213 e. The van der Waals surface area contributed by atoms with Crippen LogP contribution in [0.2, 0.25) is 0 Å². The topological polar surface area (TPSA) is 69.7 Å². The van der Waals surface area contributed by atoms with Gasteiger partial charge in [0.2, 0.25) is 5.88 Å². The van der Waals surface area contributed by atoms with E-state index in [9.17, 15) is 0 Å². The van der Waals surface area contributed by atoms with Crippen molar-refractivity contribution in [1.82, 2.24) is 29.0 Å². The first-order valence-corrected chi connectivity index (χ1v) is 15.5. The Morgan fingerprint density at radius 1 is 0.929 bits per heavy atom. The van der Waals surface area contributed by atoms with Gasteiger partial charge in [-0.25, -0.2) is 14.5 Å². The van der Waals surface area contributed by atoms with Crippen molar-refractivity contribution >= 4 is 16.6 Å². The number of piperidine rings is 1. The number of nitrogens with zero attached hydrogens (tertiary/aromatic N) is 6. The molecule has 8 rings (SSSR count). The summed E-state index contributed by atoms with van der Waals surface area (Å²) >= 11 is 0. The number of fused-ring (bicyclic) bond motifs is 2. The van der Waals surface area contributed by atoms with Crippen LogP contribution in [0.5, 0.6) is 5.88 Å². The summed E-state index contributed by atoms with van der Waals surface area (Å²) in [4.78, 5) is 12.5. The van der Waals surface area contributed by atoms with Gasteiger partial charge in [0, 0.05) is 36.0 Å². The van der Waals surface area contributed by atoms with Crippen LogP contribution in [0, 0.1) is 6.92 Å². The molecular formula is C34H38N6O2. The van der Waals surface area contributed by atoms with Gasteiger partial charge in [0.1, 0.15) is 12.4 Å². The van der Waals surface area contributed by atoms with Crippen molar-refractivity contribution in [3.63, 3.8) is 0 Å². The Morgan fingerprint density at radius 3 is 2.62 bits per heavy atom. The monoisotopic (exact) mass is 562 g/mol. The minimum Gasteiger partial charge on any atom is -0.473 e. The van der Waals surface area contributed by atoms with E-state index in [-0.39, 0.29) is 0 Å². The molecule has 8 nitrogen and oxygen atoms in total. The Hall–Kier alpha value is -3.75. The van der Waals surface area contributed by atoms with E-state index in [1.54, 1.807) is 0 Å². The Balaban J connectivity index is 0.909. The first-order valence-electron chi connectivity index (χ1n) is 15.5. The number of aromatic nitrogens is 5. The van der Waals surface area contributed by atoms with Gasteiger partial charge < -0.3 is 14.0 Å². The molecule has 0 N–H and O–H groups in total. The SMILES string of the molecule is Cc1ccc2nc(CN3CCC(c4cccc(OCc5ccn6ncc(C7CC7)c6c5)n4)CC3)n(CC3CCO3)c2c1. The number of likely N-dealkylation sites (tertiary alicyclic amines) is 1. The lowest BCUT2D eigenvalue weighted by atomic mass is 9.93. The average molecular weight is 563 g/mol. The maximum atomic E-state index is 6.19. The fraction of sp³-hybridized carbons (Fsp3) is 0.441. The average Bonchev–Trinajstić information content (AvgIpc) is 3.66. The molecule has 8 heteroatoms. The Bertz CT molecular complexity index is 1730. The first kappa shape index (κ1) is 25.9. The molecule has 1 saturated carbocycles. The van der Waals surface area contributed by atoms with Crippen molar-refractivity contribution in [2.24, 2.45) is 0 Å². The van der Waals surface area contributed by atoms with Crippen LogP contribution in [0.4, 0.5) is 0 Å². The summed E-state index contributed by atoms with van der Waals surface area (Å²) in [7, 11) is 0. The smallest absolute Gasteiger partial charge is 0.213 e. The van der Waals surface area contributed by atoms with Crippen molar-refractivity contribution in [2.75, 3.05) is 19.7 Å². The van der Waals surface area contributed by atoms with Crippen LogP contribution in [-0.4, -0.2) is 54.8 Å². The third-order valence-electron chi connectivity index (χ3n) is 9.30. The lowest BCUT2D eigenvalue weighted by molar-refractivity contribution is -0.0592. The van der Waals surface area contributed by atoms with Gasteiger partial charge in [-0.15, -0.1) is 0 Å². The largest absolute Gasteiger partial charge is 0.473 e. The van der Waals surface area contributed by atoms with Gasteiger partial charge in [-0.2, -0.15) is 5.10 Å². The van der Waals surface area contributed by atoms with Crippen LogP contribution in [0.3, 0.4) is 0 Å². The van der Waals surface area contributed by atoms with Gasteiger partial charge in [-0.3, -0.25) is 4.90 Å². The Kier molecular flexibility index (Phi) is 6.68. The number of hydrogen-bond donors (Lipinski definition) is 0. The van der Waals surface area contributed by atoms with Crippen LogP contribution >= 0.6 is 0 Å². The number of ether oxygens (including phenoxy) is 2. The molecule has 3 aliphatic rings. The number of benzene rings is 1. The molecule has 0 spiro atoms. The van der Waals surface area contributed by atoms with Gasteiger partial charge in [-0.1, -0.05) is 12.1 Å². The molecule has 0 amide bonds. The molecule has 0 bridgehead atoms. The van der Waals surface area contributed by atoms with Crippen molar-refractivity contribution in [1.29, 1.82) is 0 Å². The zero-order valence-electron chi connectivity index (χ0n) is 24.3. The summed E-state index contributed by atoms with van der Waals surface area (Å²) in [6.45, 7) is 7.37. The van der Waals surface area contributed by atoms with E-state index < -0.39 is 0 Å². The van der Waals surface area contributed by atoms with E-state index in [2.05, 4.69) is 64.0 Å². The number of aryl methyl sites for hydroxylation is 1. The zero-order valence-corrected chi connectivity index (χ0v) is 24.3. The second kappa shape index (κ2) is 10.8. The van der Waals surface area contributed by atoms with Crippen LogP contribution in [0.15, 0.2) is 60.9 Å². The number of rotatable bonds is 9. The third-order valence-corrected chi connectivity index (χ3v) is 9.30. The van der Waals surface area contributed by atoms with Crippen LogP contribution in [-0.2, 0) is 24.4 Å². The van der Waals surface area contributed by atoms with Crippen LogP contribution in [0.25, 0.3) is 16.6 Å². The molecule has 5 aromatic rings. The third kappa shape index (κ3) is 5.18. The highest BCUT2D eigenvalue weighted by molar-refractivity contribution is 5.77. The van der Waals surface area contributed by atoms with Gasteiger partial charge >= 0.3 is 0 Å². The highest BCUT2D eigenvalue weighted by Crippen LogP contribution is 2.42. The van der Waals surface area contributed by atoms with E-state index in [4.69, 9.17) is 19.4 Å². The molecule has 2 aliphatic heterocycles. The summed E-state index contributed by atoms with van der Waals surface area (Å²) in [6, 6.07) is 17.1. The minimum absolute atomic E-state index is 0.308. The standard InChI is InChI=1S/C34H38N6O2/c1-23-5-8-30-32(17-23)39(20-27-12-16-41-27)33(36-30)21-38-13-10-26(11-14-38)29-3-2-4-34(37-29)42-22-24-9-15-40-31(18-24)28(19-35-40)25-6-7-25/h2-5,8-9,15,17-19,25-27H,6-7,10-14,16,20-22H2,1H3. The van der Waals surface area contributed by atoms with Gasteiger partial charge in [0.25, 0.3) is 0 Å². The molecular weight excluding hydrogens is 524 g/mol. The Morgan fingerprint density at radius 2 is 1.81 bits per heavy atom. The highest BCUT2D eigenvalue weighted by Gasteiger charge is 2.27. The van der Waals surface area contributed by atoms with E-state index in [1.165, 1.54) is 35.0 Å². The normalized spacial score (nSPS) is 19.9. The first-order chi connectivity index (χ1) is 20.7. The molecule has 6 heterocycles. The predicted molar refractivity (Wildman–Crippen MR) is 162 cm³/mol. The molecule has 1 unspecified atom stereocenters. The van der Waals surface area contributed by atoms with Gasteiger partial charge in [0.05, 0.1) is 41.9 Å². The maximum absolute atomic E-state index is 6.19. The van der Waals surface area contributed by atoms with E-state index in [0.717, 1.165) is 74.6 Å². The summed E-state index contributed by atoms with van der Waals surface area (Å²) < 4.78 is 16.4. The zero-order chi connectivity index (χ0) is 28.0. The van der Waals surface area contributed by atoms with Crippen LogP contribution in [0.1, 0.15) is 72.1 Å². The Labute approximate surface area is 246 Å². The fourth-order valence-electron chi connectivity index (χ4n) is 6.56. The van der Waals surface area contributed by atoms with Crippen molar-refractivity contribution < 1.29 is 9.47 Å². The minimum atomic E-state index is 0.308. The summed E-state index contributed by atoms with van der Waals surface area (Å²) in [5.41, 5.74) is 8.43. The lowest BCUT2D eigenvalue weighted by Crippen LogP contribution is -2.35. The van der Waals surface area contributed by atoms with Crippen molar-refractivity contribution in [3.05, 3.63) is 89.1 Å². The molecule has 2 saturated heterocycles. The summed E-state index contributed by atoms with van der Waals surface area (Å²) in [6.07, 6.45) is 10.2. The molecule has 1 aromatic carbocycles. The lowest BCUT2D eigenvalue weighted by Gasteiger charge is -2.32. The molecule has 42 heavy (non-hydrogen) atoms. The molecule has 1 atom stereocenters. The quantitative estimate of drug-likeness (QED) is 0.219. The van der Waals surface area contributed by atoms with Gasteiger partial charge in [-0.05, 0) is 99.5 Å². The van der Waals surface area contributed by atoms with Crippen molar-refractivity contribution in [2.45, 2.75) is 76.7 Å². The predicted octanol–water partition coefficient (Wildman–Crippen LogP) is 6.01. The molecule has 216 valence electrons. The molecule has 4 aromatic heterocycles. The highest BCUT2D eigenvalue weighted by atomic mass is 16.5. The molecule has 3 fully saturated rings. The number of hydrogen-bond acceptors (Lipinski definition) is 6. The molecule has 0 radical (unpaired) electrons. The van der Waals surface area contributed by atoms with Crippen LogP contribution < -0.4 is 4.74 Å². The molecule has 1 aliphatic carbocycles. The second-order valence-corrected chi connectivity index (χ2v) is 12.4. The van der Waals surface area contributed by atoms with Gasteiger partial charge in [0.15, 0.2) is 0 Å². The summed E-state index contributed by atoms with van der Waals surface area (Å²) in [5.74, 6) is 2.97. The van der Waals surface area contributed by atoms with E-state index in [1.807, 2.05) is 23.0 Å². The van der Waals surface area contributed by atoms with Crippen molar-refractivity contribution in [3.8, 4) is 5.88 Å². The second-order valence-electron chi connectivity index (χ2n) is 12.4. The number of imidazole rings is 1. The number of pyridine rings is 2. The van der Waals surface area contributed by atoms with E-state index >= 15 is 0 Å². The fourth-order valence-corrected chi connectivity index (χ4v) is 6.56. The summed E-state index contributed by atoms with van der Waals surface area (Å²) in [5, 5.41) is 4.52. The van der Waals surface area contributed by atoms with E-state index in [0.29, 0.717) is 30.4 Å².